The summed E-state index contributed by atoms with van der Waals surface area (Å²) in [6.45, 7) is 4.04. The van der Waals surface area contributed by atoms with Gasteiger partial charge in [-0.15, -0.1) is 0 Å². The summed E-state index contributed by atoms with van der Waals surface area (Å²) in [4.78, 5) is 4.43. The Labute approximate surface area is 113 Å². The van der Waals surface area contributed by atoms with Crippen molar-refractivity contribution in [2.45, 2.75) is 13.0 Å². The van der Waals surface area contributed by atoms with E-state index < -0.39 is 0 Å². The Morgan fingerprint density at radius 1 is 1.24 bits per heavy atom. The Bertz CT molecular complexity index is 364. The molecular formula is C13H22BrN3. The highest BCUT2D eigenvalue weighted by Gasteiger charge is 2.08. The van der Waals surface area contributed by atoms with E-state index in [1.165, 1.54) is 5.69 Å². The molecule has 96 valence electrons. The zero-order chi connectivity index (χ0) is 13.0. The summed E-state index contributed by atoms with van der Waals surface area (Å²) in [5, 5.41) is 0. The standard InChI is InChI=1S/C13H22BrN3/c1-10(15)11-5-6-13(12(14)9-11)17(4)8-7-16(2)3/h5-6,9-10H,7-8,15H2,1-4H3. The van der Waals surface area contributed by atoms with Crippen molar-refractivity contribution in [3.05, 3.63) is 28.2 Å². The second-order valence-corrected chi connectivity index (χ2v) is 5.58. The Hall–Kier alpha value is -0.580. The number of nitrogens with two attached hydrogens (primary N) is 1. The number of halogens is 1. The summed E-state index contributed by atoms with van der Waals surface area (Å²) in [6.07, 6.45) is 0. The molecule has 0 amide bonds. The minimum absolute atomic E-state index is 0.0763. The molecule has 0 aliphatic rings. The van der Waals surface area contributed by atoms with E-state index >= 15 is 0 Å². The van der Waals surface area contributed by atoms with Gasteiger partial charge in [0.25, 0.3) is 0 Å². The van der Waals surface area contributed by atoms with Crippen LogP contribution in [0.4, 0.5) is 5.69 Å². The lowest BCUT2D eigenvalue weighted by Crippen LogP contribution is -2.28. The summed E-state index contributed by atoms with van der Waals surface area (Å²) in [7, 11) is 6.28. The largest absolute Gasteiger partial charge is 0.372 e. The minimum Gasteiger partial charge on any atom is -0.372 e. The molecule has 2 N–H and O–H groups in total. The van der Waals surface area contributed by atoms with Crippen LogP contribution in [0.2, 0.25) is 0 Å². The molecular weight excluding hydrogens is 278 g/mol. The van der Waals surface area contributed by atoms with E-state index in [1.807, 2.05) is 6.92 Å². The van der Waals surface area contributed by atoms with Crippen LogP contribution in [0, 0.1) is 0 Å². The van der Waals surface area contributed by atoms with E-state index in [-0.39, 0.29) is 6.04 Å². The monoisotopic (exact) mass is 299 g/mol. The molecule has 0 aliphatic carbocycles. The molecule has 0 heterocycles. The van der Waals surface area contributed by atoms with Crippen LogP contribution in [-0.2, 0) is 0 Å². The highest BCUT2D eigenvalue weighted by Crippen LogP contribution is 2.28. The Balaban J connectivity index is 2.77. The third-order valence-electron chi connectivity index (χ3n) is 2.79. The van der Waals surface area contributed by atoms with Gasteiger partial charge in [0.1, 0.15) is 0 Å². The molecule has 1 aromatic rings. The fourth-order valence-electron chi connectivity index (χ4n) is 1.59. The number of benzene rings is 1. The number of hydrogen-bond donors (Lipinski definition) is 1. The van der Waals surface area contributed by atoms with E-state index in [4.69, 9.17) is 5.73 Å². The van der Waals surface area contributed by atoms with Crippen LogP contribution in [0.25, 0.3) is 0 Å². The van der Waals surface area contributed by atoms with Gasteiger partial charge in [-0.25, -0.2) is 0 Å². The lowest BCUT2D eigenvalue weighted by atomic mass is 10.1. The molecule has 3 nitrogen and oxygen atoms in total. The lowest BCUT2D eigenvalue weighted by molar-refractivity contribution is 0.416. The van der Waals surface area contributed by atoms with Gasteiger partial charge in [-0.1, -0.05) is 6.07 Å². The van der Waals surface area contributed by atoms with Gasteiger partial charge >= 0.3 is 0 Å². The van der Waals surface area contributed by atoms with E-state index in [9.17, 15) is 0 Å². The van der Waals surface area contributed by atoms with Crippen LogP contribution in [0.3, 0.4) is 0 Å². The van der Waals surface area contributed by atoms with E-state index in [2.05, 4.69) is 65.1 Å². The Kier molecular flexibility index (Phi) is 5.43. The average Bonchev–Trinajstić information content (AvgIpc) is 2.25. The molecule has 0 saturated carbocycles. The Morgan fingerprint density at radius 3 is 2.35 bits per heavy atom. The third kappa shape index (κ3) is 4.30. The van der Waals surface area contributed by atoms with Crippen LogP contribution in [-0.4, -0.2) is 39.1 Å². The first-order chi connectivity index (χ1) is 7.91. The van der Waals surface area contributed by atoms with Crippen molar-refractivity contribution >= 4 is 21.6 Å². The second-order valence-electron chi connectivity index (χ2n) is 4.72. The van der Waals surface area contributed by atoms with E-state index in [0.29, 0.717) is 0 Å². The van der Waals surface area contributed by atoms with Gasteiger partial charge in [-0.05, 0) is 54.6 Å². The second kappa shape index (κ2) is 6.38. The minimum atomic E-state index is 0.0763. The van der Waals surface area contributed by atoms with Crippen molar-refractivity contribution in [3.63, 3.8) is 0 Å². The first kappa shape index (κ1) is 14.5. The lowest BCUT2D eigenvalue weighted by Gasteiger charge is -2.23. The maximum Gasteiger partial charge on any atom is 0.0508 e. The first-order valence-electron chi connectivity index (χ1n) is 5.82. The molecule has 0 aliphatic heterocycles. The molecule has 0 fully saturated rings. The molecule has 0 radical (unpaired) electrons. The predicted octanol–water partition coefficient (Wildman–Crippen LogP) is 2.47. The Morgan fingerprint density at radius 2 is 1.88 bits per heavy atom. The van der Waals surface area contributed by atoms with Gasteiger partial charge in [0, 0.05) is 30.7 Å². The van der Waals surface area contributed by atoms with Crippen LogP contribution in [0.15, 0.2) is 22.7 Å². The summed E-state index contributed by atoms with van der Waals surface area (Å²) in [5.74, 6) is 0. The number of rotatable bonds is 5. The van der Waals surface area contributed by atoms with Crippen LogP contribution in [0.5, 0.6) is 0 Å². The number of likely N-dealkylation sites (N-methyl/N-ethyl adjacent to an activating group) is 2. The molecule has 0 bridgehead atoms. The highest BCUT2D eigenvalue weighted by atomic mass is 79.9. The SMILES string of the molecule is CC(N)c1ccc(N(C)CCN(C)C)c(Br)c1. The molecule has 1 rings (SSSR count). The maximum atomic E-state index is 5.87. The summed E-state index contributed by atoms with van der Waals surface area (Å²) in [6, 6.07) is 6.40. The summed E-state index contributed by atoms with van der Waals surface area (Å²) < 4.78 is 1.11. The van der Waals surface area contributed by atoms with E-state index in [1.54, 1.807) is 0 Å². The predicted molar refractivity (Wildman–Crippen MR) is 78.6 cm³/mol. The average molecular weight is 300 g/mol. The topological polar surface area (TPSA) is 32.5 Å². The fourth-order valence-corrected chi connectivity index (χ4v) is 2.29. The molecule has 0 aromatic heterocycles. The summed E-state index contributed by atoms with van der Waals surface area (Å²) in [5.41, 5.74) is 8.23. The van der Waals surface area contributed by atoms with Crippen molar-refractivity contribution in [2.75, 3.05) is 39.1 Å². The van der Waals surface area contributed by atoms with Crippen molar-refractivity contribution in [1.82, 2.24) is 4.90 Å². The normalized spacial score (nSPS) is 12.9. The quantitative estimate of drug-likeness (QED) is 0.906. The first-order valence-corrected chi connectivity index (χ1v) is 6.62. The number of hydrogen-bond acceptors (Lipinski definition) is 3. The molecule has 1 unspecified atom stereocenters. The van der Waals surface area contributed by atoms with Gasteiger partial charge in [-0.3, -0.25) is 0 Å². The van der Waals surface area contributed by atoms with E-state index in [0.717, 1.165) is 23.1 Å². The van der Waals surface area contributed by atoms with Gasteiger partial charge in [0.2, 0.25) is 0 Å². The van der Waals surface area contributed by atoms with Gasteiger partial charge in [0.05, 0.1) is 5.69 Å². The fraction of sp³-hybridized carbons (Fsp3) is 0.538. The van der Waals surface area contributed by atoms with Crippen LogP contribution < -0.4 is 10.6 Å². The molecule has 0 saturated heterocycles. The maximum absolute atomic E-state index is 5.87. The number of nitrogens with zero attached hydrogens (tertiary/aromatic N) is 2. The van der Waals surface area contributed by atoms with Gasteiger partial charge < -0.3 is 15.5 Å². The third-order valence-corrected chi connectivity index (χ3v) is 3.43. The zero-order valence-electron chi connectivity index (χ0n) is 11.1. The van der Waals surface area contributed by atoms with Crippen LogP contribution >= 0.6 is 15.9 Å². The number of anilines is 1. The molecule has 0 spiro atoms. The van der Waals surface area contributed by atoms with Crippen molar-refractivity contribution in [1.29, 1.82) is 0 Å². The van der Waals surface area contributed by atoms with Gasteiger partial charge in [0.15, 0.2) is 0 Å². The van der Waals surface area contributed by atoms with Gasteiger partial charge in [-0.2, -0.15) is 0 Å². The highest BCUT2D eigenvalue weighted by molar-refractivity contribution is 9.10. The smallest absolute Gasteiger partial charge is 0.0508 e. The summed E-state index contributed by atoms with van der Waals surface area (Å²) >= 11 is 3.61. The molecule has 1 aromatic carbocycles. The molecule has 4 heteroatoms. The molecule has 17 heavy (non-hydrogen) atoms. The van der Waals surface area contributed by atoms with Crippen LogP contribution in [0.1, 0.15) is 18.5 Å². The van der Waals surface area contributed by atoms with Crippen molar-refractivity contribution < 1.29 is 0 Å². The van der Waals surface area contributed by atoms with Crippen molar-refractivity contribution in [2.24, 2.45) is 5.73 Å². The van der Waals surface area contributed by atoms with Crippen molar-refractivity contribution in [3.8, 4) is 0 Å². The zero-order valence-corrected chi connectivity index (χ0v) is 12.7. The molecule has 1 atom stereocenters.